The number of aromatic nitrogens is 2. The molecule has 1 aromatic carbocycles. The molecule has 0 aliphatic heterocycles. The third-order valence-corrected chi connectivity index (χ3v) is 4.50. The summed E-state index contributed by atoms with van der Waals surface area (Å²) in [5, 5.41) is 3.04. The molecule has 0 unspecified atom stereocenters. The van der Waals surface area contributed by atoms with Crippen molar-refractivity contribution in [3.63, 3.8) is 0 Å². The minimum atomic E-state index is -0.557. The molecular formula is C18H22N4O4. The van der Waals surface area contributed by atoms with Gasteiger partial charge in [0.1, 0.15) is 0 Å². The highest BCUT2D eigenvalue weighted by molar-refractivity contribution is 5.98. The van der Waals surface area contributed by atoms with Crippen molar-refractivity contribution in [2.45, 2.75) is 32.2 Å². The van der Waals surface area contributed by atoms with Crippen LogP contribution in [0.25, 0.3) is 0 Å². The highest BCUT2D eigenvalue weighted by atomic mass is 16.6. The Hall–Kier alpha value is -2.87. The maximum atomic E-state index is 12.4. The highest BCUT2D eigenvalue weighted by Gasteiger charge is 2.16. The van der Waals surface area contributed by atoms with E-state index in [1.54, 1.807) is 24.3 Å². The van der Waals surface area contributed by atoms with Gasteiger partial charge in [0.05, 0.1) is 17.7 Å². The van der Waals surface area contributed by atoms with Crippen molar-refractivity contribution in [1.29, 1.82) is 0 Å². The molecule has 1 aliphatic rings. The molecule has 0 bridgehead atoms. The van der Waals surface area contributed by atoms with Crippen molar-refractivity contribution in [2.75, 3.05) is 11.9 Å². The lowest BCUT2D eigenvalue weighted by Gasteiger charge is -2.13. The van der Waals surface area contributed by atoms with Crippen molar-refractivity contribution < 1.29 is 9.63 Å². The Bertz CT molecular complexity index is 868. The lowest BCUT2D eigenvalue weighted by molar-refractivity contribution is 0.0172. The predicted octanol–water partition coefficient (Wildman–Crippen LogP) is 1.53. The fourth-order valence-electron chi connectivity index (χ4n) is 3.05. The number of hydrogen-bond donors (Lipinski definition) is 4. The molecule has 0 radical (unpaired) electrons. The summed E-state index contributed by atoms with van der Waals surface area (Å²) in [6.07, 6.45) is 6.07. The lowest BCUT2D eigenvalue weighted by Crippen LogP contribution is -2.28. The first-order valence-electron chi connectivity index (χ1n) is 8.69. The van der Waals surface area contributed by atoms with Crippen molar-refractivity contribution in [1.82, 2.24) is 15.4 Å². The Morgan fingerprint density at radius 1 is 1.19 bits per heavy atom. The number of amides is 1. The van der Waals surface area contributed by atoms with Crippen LogP contribution in [0.2, 0.25) is 0 Å². The molecule has 0 saturated heterocycles. The summed E-state index contributed by atoms with van der Waals surface area (Å²) in [6.45, 7) is 0.688. The van der Waals surface area contributed by atoms with E-state index in [-0.39, 0.29) is 12.5 Å². The van der Waals surface area contributed by atoms with Gasteiger partial charge in [0.2, 0.25) is 0 Å². The standard InChI is InChI=1S/C18H22N4O4/c23-16-13(10-20-18(25)21-16)9-19-15-8-4-3-7-14(15)17(24)22-26-11-12-5-1-2-6-12/h3-4,7-8,10,12,19H,1-2,5-6,9,11H2,(H,22,24)(H2,20,21,23,25). The Kier molecular flexibility index (Phi) is 5.85. The number of carbonyl (C=O) groups excluding carboxylic acids is 1. The van der Waals surface area contributed by atoms with E-state index in [9.17, 15) is 14.4 Å². The van der Waals surface area contributed by atoms with E-state index in [2.05, 4.69) is 20.8 Å². The second kappa shape index (κ2) is 8.48. The maximum absolute atomic E-state index is 12.4. The number of rotatable bonds is 7. The molecule has 1 aliphatic carbocycles. The Morgan fingerprint density at radius 2 is 1.96 bits per heavy atom. The second-order valence-electron chi connectivity index (χ2n) is 6.39. The fraction of sp³-hybridized carbons (Fsp3) is 0.389. The van der Waals surface area contributed by atoms with Crippen LogP contribution >= 0.6 is 0 Å². The zero-order valence-corrected chi connectivity index (χ0v) is 14.3. The van der Waals surface area contributed by atoms with E-state index in [0.717, 1.165) is 12.8 Å². The van der Waals surface area contributed by atoms with Gasteiger partial charge in [0.25, 0.3) is 11.5 Å². The Balaban J connectivity index is 1.60. The van der Waals surface area contributed by atoms with Crippen molar-refractivity contribution in [3.05, 3.63) is 62.4 Å². The molecule has 8 nitrogen and oxygen atoms in total. The number of nitrogens with one attached hydrogen (secondary N) is 4. The van der Waals surface area contributed by atoms with Crippen LogP contribution in [-0.4, -0.2) is 22.5 Å². The van der Waals surface area contributed by atoms with Crippen LogP contribution in [0.1, 0.15) is 41.6 Å². The summed E-state index contributed by atoms with van der Waals surface area (Å²) < 4.78 is 0. The van der Waals surface area contributed by atoms with E-state index in [1.165, 1.54) is 19.0 Å². The molecule has 1 saturated carbocycles. The highest BCUT2D eigenvalue weighted by Crippen LogP contribution is 2.24. The number of benzene rings is 1. The first-order chi connectivity index (χ1) is 12.6. The summed E-state index contributed by atoms with van der Waals surface area (Å²) in [5.41, 5.74) is 2.81. The van der Waals surface area contributed by atoms with Crippen molar-refractivity contribution in [2.24, 2.45) is 5.92 Å². The molecule has 1 heterocycles. The summed E-state index contributed by atoms with van der Waals surface area (Å²) in [7, 11) is 0. The van der Waals surface area contributed by atoms with Gasteiger partial charge in [-0.1, -0.05) is 25.0 Å². The van der Waals surface area contributed by atoms with E-state index in [0.29, 0.717) is 29.3 Å². The summed E-state index contributed by atoms with van der Waals surface area (Å²) in [5.74, 6) is 0.164. The number of carbonyl (C=O) groups is 1. The van der Waals surface area contributed by atoms with E-state index in [1.807, 2.05) is 0 Å². The van der Waals surface area contributed by atoms with Crippen LogP contribution < -0.4 is 22.0 Å². The van der Waals surface area contributed by atoms with Crippen LogP contribution in [0.15, 0.2) is 40.1 Å². The molecule has 138 valence electrons. The number of hydroxylamine groups is 1. The molecule has 0 spiro atoms. The number of anilines is 1. The second-order valence-corrected chi connectivity index (χ2v) is 6.39. The average Bonchev–Trinajstić information content (AvgIpc) is 3.14. The fourth-order valence-corrected chi connectivity index (χ4v) is 3.05. The van der Waals surface area contributed by atoms with Gasteiger partial charge in [-0.05, 0) is 30.9 Å². The SMILES string of the molecule is O=C(NOCC1CCCC1)c1ccccc1NCc1c[nH]c(=O)[nH]c1=O. The first-order valence-corrected chi connectivity index (χ1v) is 8.69. The topological polar surface area (TPSA) is 116 Å². The third-order valence-electron chi connectivity index (χ3n) is 4.50. The van der Waals surface area contributed by atoms with Gasteiger partial charge in [0, 0.05) is 18.4 Å². The lowest BCUT2D eigenvalue weighted by atomic mass is 10.1. The first kappa shape index (κ1) is 17.9. The summed E-state index contributed by atoms with van der Waals surface area (Å²) in [6, 6.07) is 6.96. The molecule has 2 aromatic rings. The molecule has 1 fully saturated rings. The van der Waals surface area contributed by atoms with Gasteiger partial charge in [-0.25, -0.2) is 10.3 Å². The number of H-pyrrole nitrogens is 2. The van der Waals surface area contributed by atoms with E-state index in [4.69, 9.17) is 4.84 Å². The Labute approximate surface area is 149 Å². The number of hydrogen-bond acceptors (Lipinski definition) is 5. The van der Waals surface area contributed by atoms with Gasteiger partial charge in [0.15, 0.2) is 0 Å². The molecule has 1 aromatic heterocycles. The monoisotopic (exact) mass is 358 g/mol. The average molecular weight is 358 g/mol. The zero-order valence-electron chi connectivity index (χ0n) is 14.3. The quantitative estimate of drug-likeness (QED) is 0.560. The van der Waals surface area contributed by atoms with Crippen LogP contribution in [0.4, 0.5) is 5.69 Å². The predicted molar refractivity (Wildman–Crippen MR) is 96.8 cm³/mol. The van der Waals surface area contributed by atoms with Crippen LogP contribution in [0.5, 0.6) is 0 Å². The maximum Gasteiger partial charge on any atom is 0.325 e. The molecule has 4 N–H and O–H groups in total. The van der Waals surface area contributed by atoms with Gasteiger partial charge < -0.3 is 10.3 Å². The summed E-state index contributed by atoms with van der Waals surface area (Å²) in [4.78, 5) is 45.1. The molecule has 26 heavy (non-hydrogen) atoms. The Morgan fingerprint density at radius 3 is 2.73 bits per heavy atom. The summed E-state index contributed by atoms with van der Waals surface area (Å²) >= 11 is 0. The van der Waals surface area contributed by atoms with Crippen LogP contribution in [-0.2, 0) is 11.4 Å². The van der Waals surface area contributed by atoms with Crippen molar-refractivity contribution >= 4 is 11.6 Å². The normalized spacial score (nSPS) is 14.3. The third kappa shape index (κ3) is 4.60. The molecule has 8 heteroatoms. The van der Waals surface area contributed by atoms with Gasteiger partial charge in [-0.15, -0.1) is 0 Å². The molecular weight excluding hydrogens is 336 g/mol. The minimum Gasteiger partial charge on any atom is -0.380 e. The zero-order chi connectivity index (χ0) is 18.4. The van der Waals surface area contributed by atoms with Crippen molar-refractivity contribution in [3.8, 4) is 0 Å². The van der Waals surface area contributed by atoms with Crippen LogP contribution in [0.3, 0.4) is 0 Å². The largest absolute Gasteiger partial charge is 0.380 e. The van der Waals surface area contributed by atoms with E-state index >= 15 is 0 Å². The molecule has 0 atom stereocenters. The van der Waals surface area contributed by atoms with Gasteiger partial charge in [-0.3, -0.25) is 19.4 Å². The number of para-hydroxylation sites is 1. The number of aromatic amines is 2. The minimum absolute atomic E-state index is 0.166. The molecule has 3 rings (SSSR count). The van der Waals surface area contributed by atoms with Gasteiger partial charge >= 0.3 is 5.69 Å². The molecule has 1 amide bonds. The smallest absolute Gasteiger partial charge is 0.325 e. The van der Waals surface area contributed by atoms with Crippen LogP contribution in [0, 0.1) is 5.92 Å². The van der Waals surface area contributed by atoms with Gasteiger partial charge in [-0.2, -0.15) is 0 Å². The van der Waals surface area contributed by atoms with E-state index < -0.39 is 11.2 Å².